The number of hydrogen-bond donors (Lipinski definition) is 0. The van der Waals surface area contributed by atoms with Crippen LogP contribution in [0.15, 0.2) is 78.9 Å². The highest BCUT2D eigenvalue weighted by Gasteiger charge is 2.54. The van der Waals surface area contributed by atoms with Crippen molar-refractivity contribution in [3.63, 3.8) is 0 Å². The first-order valence-corrected chi connectivity index (χ1v) is 9.49. The van der Waals surface area contributed by atoms with E-state index in [1.165, 1.54) is 16.7 Å². The lowest BCUT2D eigenvalue weighted by atomic mass is 9.89. The van der Waals surface area contributed by atoms with Crippen LogP contribution in [0.1, 0.15) is 11.1 Å². The van der Waals surface area contributed by atoms with E-state index < -0.39 is 0 Å². The lowest BCUT2D eigenvalue weighted by Crippen LogP contribution is -2.23. The van der Waals surface area contributed by atoms with Crippen LogP contribution in [0.4, 0.5) is 0 Å². The Morgan fingerprint density at radius 2 is 1.50 bits per heavy atom. The zero-order valence-electron chi connectivity index (χ0n) is 12.1. The summed E-state index contributed by atoms with van der Waals surface area (Å²) < 4.78 is 0.0863. The minimum absolute atomic E-state index is 0.0863. The molecule has 2 aliphatic heterocycles. The van der Waals surface area contributed by atoms with Crippen molar-refractivity contribution in [2.45, 2.75) is 14.6 Å². The normalized spacial score (nSPS) is 34.7. The molecule has 0 saturated carbocycles. The van der Waals surface area contributed by atoms with Gasteiger partial charge in [0.15, 0.2) is 0 Å². The molecule has 3 aliphatic rings. The van der Waals surface area contributed by atoms with Crippen LogP contribution in [0.25, 0.3) is 5.57 Å². The van der Waals surface area contributed by atoms with E-state index in [9.17, 15) is 0 Å². The third-order valence-corrected chi connectivity index (χ3v) is 8.53. The van der Waals surface area contributed by atoms with Crippen LogP contribution >= 0.6 is 23.5 Å². The molecule has 1 aliphatic carbocycles. The van der Waals surface area contributed by atoms with Gasteiger partial charge in [0.2, 0.25) is 0 Å². The summed E-state index contributed by atoms with van der Waals surface area (Å²) in [4.78, 5) is 0. The van der Waals surface area contributed by atoms with Gasteiger partial charge in [-0.25, -0.2) is 0 Å². The molecule has 1 unspecified atom stereocenters. The minimum Gasteiger partial charge on any atom is -0.129 e. The third-order valence-electron chi connectivity index (χ3n) is 4.80. The molecule has 4 atom stereocenters. The summed E-state index contributed by atoms with van der Waals surface area (Å²) >= 11 is 4.28. The Balaban J connectivity index is 1.70. The van der Waals surface area contributed by atoms with Crippen molar-refractivity contribution < 1.29 is 0 Å². The fourth-order valence-electron chi connectivity index (χ4n) is 3.78. The van der Waals surface area contributed by atoms with Crippen LogP contribution in [-0.2, 0) is 4.08 Å². The molecular weight excluding hydrogens is 304 g/mol. The van der Waals surface area contributed by atoms with Crippen molar-refractivity contribution in [2.75, 3.05) is 0 Å². The van der Waals surface area contributed by atoms with Gasteiger partial charge >= 0.3 is 0 Å². The van der Waals surface area contributed by atoms with E-state index in [-0.39, 0.29) is 4.08 Å². The Labute approximate surface area is 139 Å². The second kappa shape index (κ2) is 4.81. The number of hydrogen-bond acceptors (Lipinski definition) is 2. The average Bonchev–Trinajstić information content (AvgIpc) is 3.10. The molecule has 2 heterocycles. The largest absolute Gasteiger partial charge is 0.129 e. The van der Waals surface area contributed by atoms with E-state index in [1.54, 1.807) is 0 Å². The summed E-state index contributed by atoms with van der Waals surface area (Å²) in [5.41, 5.74) is 4.32. The lowest BCUT2D eigenvalue weighted by Gasteiger charge is -2.34. The van der Waals surface area contributed by atoms with E-state index in [2.05, 4.69) is 102 Å². The minimum atomic E-state index is 0.0863. The van der Waals surface area contributed by atoms with E-state index in [0.29, 0.717) is 16.4 Å². The van der Waals surface area contributed by atoms with Gasteiger partial charge in [-0.1, -0.05) is 72.8 Å². The van der Waals surface area contributed by atoms with E-state index in [0.717, 1.165) is 0 Å². The Kier molecular flexibility index (Phi) is 2.86. The maximum absolute atomic E-state index is 2.54. The highest BCUT2D eigenvalue weighted by atomic mass is 32.2. The molecule has 108 valence electrons. The predicted octanol–water partition coefficient (Wildman–Crippen LogP) is 5.34. The van der Waals surface area contributed by atoms with Crippen LogP contribution in [0.2, 0.25) is 0 Å². The van der Waals surface area contributed by atoms with Crippen molar-refractivity contribution in [2.24, 2.45) is 5.92 Å². The number of fused-ring (bicyclic) bond motifs is 1. The standard InChI is InChI=1S/C20H16S2/c1-3-7-14(8-4-1)17-13-20(15-9-5-2-6-10-15)21-18-12-11-16(17)19(18)22-20/h1-13,16,18-19H/t16-,18-,19?,20-/m1/s1. The molecule has 0 spiro atoms. The van der Waals surface area contributed by atoms with Crippen LogP contribution < -0.4 is 0 Å². The van der Waals surface area contributed by atoms with Gasteiger partial charge in [0, 0.05) is 16.4 Å². The Bertz CT molecular complexity index is 763. The van der Waals surface area contributed by atoms with Gasteiger partial charge < -0.3 is 0 Å². The number of benzene rings is 2. The quantitative estimate of drug-likeness (QED) is 0.685. The molecule has 0 N–H and O–H groups in total. The first-order valence-electron chi connectivity index (χ1n) is 7.73. The topological polar surface area (TPSA) is 0 Å². The van der Waals surface area contributed by atoms with Gasteiger partial charge in [0.25, 0.3) is 0 Å². The summed E-state index contributed by atoms with van der Waals surface area (Å²) in [5, 5.41) is 1.33. The molecule has 1 saturated heterocycles. The number of rotatable bonds is 2. The number of allylic oxidation sites excluding steroid dienone is 2. The van der Waals surface area contributed by atoms with Gasteiger partial charge in [0.1, 0.15) is 4.08 Å². The van der Waals surface area contributed by atoms with Crippen molar-refractivity contribution in [3.8, 4) is 0 Å². The first kappa shape index (κ1) is 13.1. The second-order valence-corrected chi connectivity index (χ2v) is 9.18. The summed E-state index contributed by atoms with van der Waals surface area (Å²) in [7, 11) is 0. The van der Waals surface area contributed by atoms with Crippen molar-refractivity contribution in [1.82, 2.24) is 0 Å². The smallest absolute Gasteiger partial charge is 0.106 e. The maximum atomic E-state index is 2.54. The number of thioether (sulfide) groups is 2. The van der Waals surface area contributed by atoms with Gasteiger partial charge in [0.05, 0.1) is 0 Å². The van der Waals surface area contributed by atoms with Crippen LogP contribution in [-0.4, -0.2) is 10.5 Å². The van der Waals surface area contributed by atoms with Crippen LogP contribution in [0, 0.1) is 5.92 Å². The molecule has 1 fully saturated rings. The Morgan fingerprint density at radius 3 is 2.27 bits per heavy atom. The second-order valence-electron chi connectivity index (χ2n) is 6.07. The molecule has 0 aromatic heterocycles. The fourth-order valence-corrected chi connectivity index (χ4v) is 7.82. The molecule has 5 rings (SSSR count). The highest BCUT2D eigenvalue weighted by Crippen LogP contribution is 2.68. The van der Waals surface area contributed by atoms with Gasteiger partial charge in [-0.15, -0.1) is 23.5 Å². The first-order chi connectivity index (χ1) is 10.9. The molecule has 2 aromatic carbocycles. The van der Waals surface area contributed by atoms with Gasteiger partial charge in [-0.05, 0) is 22.8 Å². The fraction of sp³-hybridized carbons (Fsp3) is 0.200. The zero-order chi connectivity index (χ0) is 14.6. The van der Waals surface area contributed by atoms with Gasteiger partial charge in [-0.3, -0.25) is 0 Å². The molecule has 0 amide bonds. The highest BCUT2D eigenvalue weighted by molar-refractivity contribution is 8.21. The molecular formula is C20H16S2. The summed E-state index contributed by atoms with van der Waals surface area (Å²) in [6, 6.07) is 21.9. The van der Waals surface area contributed by atoms with Crippen LogP contribution in [0.5, 0.6) is 0 Å². The molecule has 2 heteroatoms. The maximum Gasteiger partial charge on any atom is 0.106 e. The van der Waals surface area contributed by atoms with Crippen molar-refractivity contribution in [1.29, 1.82) is 0 Å². The predicted molar refractivity (Wildman–Crippen MR) is 97.9 cm³/mol. The molecule has 0 nitrogen and oxygen atoms in total. The van der Waals surface area contributed by atoms with E-state index in [1.807, 2.05) is 0 Å². The van der Waals surface area contributed by atoms with E-state index in [4.69, 9.17) is 0 Å². The summed E-state index contributed by atoms with van der Waals surface area (Å²) in [6.45, 7) is 0. The van der Waals surface area contributed by atoms with E-state index >= 15 is 0 Å². The SMILES string of the molecule is C1=C[C@H]2S[C@]3(c4ccccc4)C=C(c4ccccc4)[C@@H]1C2S3. The van der Waals surface area contributed by atoms with Crippen molar-refractivity contribution in [3.05, 3.63) is 90.0 Å². The average molecular weight is 320 g/mol. The van der Waals surface area contributed by atoms with Crippen molar-refractivity contribution >= 4 is 29.1 Å². The molecule has 22 heavy (non-hydrogen) atoms. The monoisotopic (exact) mass is 320 g/mol. The lowest BCUT2D eigenvalue weighted by molar-refractivity contribution is 0.817. The molecule has 0 radical (unpaired) electrons. The summed E-state index contributed by atoms with van der Waals surface area (Å²) in [5.74, 6) is 0.573. The zero-order valence-corrected chi connectivity index (χ0v) is 13.7. The van der Waals surface area contributed by atoms with Gasteiger partial charge in [-0.2, -0.15) is 0 Å². The molecule has 2 aromatic rings. The van der Waals surface area contributed by atoms with Crippen LogP contribution in [0.3, 0.4) is 0 Å². The Hall–Kier alpha value is -1.38. The molecule has 2 bridgehead atoms. The third kappa shape index (κ3) is 1.80. The Morgan fingerprint density at radius 1 is 0.773 bits per heavy atom. The summed E-state index contributed by atoms with van der Waals surface area (Å²) in [6.07, 6.45) is 7.41.